The highest BCUT2D eigenvalue weighted by atomic mass is 16.3. The van der Waals surface area contributed by atoms with Gasteiger partial charge in [-0.15, -0.1) is 0 Å². The zero-order valence-corrected chi connectivity index (χ0v) is 10.2. The van der Waals surface area contributed by atoms with Crippen LogP contribution in [0.3, 0.4) is 0 Å². The van der Waals surface area contributed by atoms with Gasteiger partial charge in [0.1, 0.15) is 0 Å². The summed E-state index contributed by atoms with van der Waals surface area (Å²) in [7, 11) is 0. The van der Waals surface area contributed by atoms with E-state index in [-0.39, 0.29) is 12.1 Å². The van der Waals surface area contributed by atoms with Crippen molar-refractivity contribution in [2.24, 2.45) is 11.7 Å². The lowest BCUT2D eigenvalue weighted by atomic mass is 9.92. The first-order valence-corrected chi connectivity index (χ1v) is 6.22. The summed E-state index contributed by atoms with van der Waals surface area (Å²) in [6.45, 7) is 8.09. The summed E-state index contributed by atoms with van der Waals surface area (Å²) in [4.78, 5) is 2.51. The number of rotatable bonds is 6. The third kappa shape index (κ3) is 4.09. The van der Waals surface area contributed by atoms with Gasteiger partial charge in [-0.2, -0.15) is 0 Å². The molecule has 1 saturated heterocycles. The molecule has 3 nitrogen and oxygen atoms in total. The zero-order chi connectivity index (χ0) is 11.3. The van der Waals surface area contributed by atoms with Crippen molar-refractivity contribution in [2.75, 3.05) is 26.2 Å². The van der Waals surface area contributed by atoms with Crippen molar-refractivity contribution in [2.45, 2.75) is 45.1 Å². The van der Waals surface area contributed by atoms with Gasteiger partial charge in [0, 0.05) is 12.1 Å². The second kappa shape index (κ2) is 5.83. The molecule has 1 aliphatic heterocycles. The maximum atomic E-state index is 9.18. The number of hydrogen-bond donors (Lipinski definition) is 2. The van der Waals surface area contributed by atoms with Gasteiger partial charge in [-0.25, -0.2) is 0 Å². The minimum absolute atomic E-state index is 0.111. The molecule has 2 atom stereocenters. The van der Waals surface area contributed by atoms with Crippen LogP contribution in [0.15, 0.2) is 0 Å². The van der Waals surface area contributed by atoms with E-state index in [0.717, 1.165) is 31.7 Å². The molecule has 0 bridgehead atoms. The highest BCUT2D eigenvalue weighted by Gasteiger charge is 2.23. The van der Waals surface area contributed by atoms with Gasteiger partial charge in [0.2, 0.25) is 0 Å². The highest BCUT2D eigenvalue weighted by Crippen LogP contribution is 2.18. The predicted octanol–water partition coefficient (Wildman–Crippen LogP) is 1.21. The molecule has 3 heteroatoms. The third-order valence-electron chi connectivity index (χ3n) is 3.68. The van der Waals surface area contributed by atoms with Crippen LogP contribution < -0.4 is 5.73 Å². The molecule has 0 aromatic heterocycles. The summed E-state index contributed by atoms with van der Waals surface area (Å²) >= 11 is 0. The fourth-order valence-corrected chi connectivity index (χ4v) is 2.25. The average Bonchev–Trinajstić information content (AvgIpc) is 2.64. The Morgan fingerprint density at radius 3 is 2.73 bits per heavy atom. The van der Waals surface area contributed by atoms with Gasteiger partial charge in [0.25, 0.3) is 0 Å². The van der Waals surface area contributed by atoms with Crippen molar-refractivity contribution < 1.29 is 5.11 Å². The van der Waals surface area contributed by atoms with Crippen LogP contribution in [0.5, 0.6) is 0 Å². The first kappa shape index (κ1) is 12.9. The Hall–Kier alpha value is -0.120. The first-order valence-electron chi connectivity index (χ1n) is 6.22. The van der Waals surface area contributed by atoms with Gasteiger partial charge in [-0.05, 0) is 44.7 Å². The topological polar surface area (TPSA) is 49.5 Å². The molecule has 1 fully saturated rings. The molecular weight excluding hydrogens is 188 g/mol. The van der Waals surface area contributed by atoms with Crippen LogP contribution in [0.1, 0.15) is 39.5 Å². The molecule has 0 spiro atoms. The molecule has 1 aliphatic rings. The van der Waals surface area contributed by atoms with Crippen molar-refractivity contribution in [3.63, 3.8) is 0 Å². The van der Waals surface area contributed by atoms with E-state index < -0.39 is 0 Å². The smallest absolute Gasteiger partial charge is 0.0611 e. The Kier molecular flexibility index (Phi) is 5.03. The van der Waals surface area contributed by atoms with E-state index in [1.165, 1.54) is 19.5 Å². The molecule has 90 valence electrons. The van der Waals surface area contributed by atoms with E-state index in [4.69, 9.17) is 5.73 Å². The number of hydrogen-bond acceptors (Lipinski definition) is 3. The van der Waals surface area contributed by atoms with Crippen LogP contribution in [-0.4, -0.2) is 41.8 Å². The number of likely N-dealkylation sites (tertiary alicyclic amines) is 1. The fourth-order valence-electron chi connectivity index (χ4n) is 2.25. The third-order valence-corrected chi connectivity index (χ3v) is 3.68. The molecule has 0 aromatic carbocycles. The minimum Gasteiger partial charge on any atom is -0.394 e. The van der Waals surface area contributed by atoms with Crippen LogP contribution in [0.25, 0.3) is 0 Å². The summed E-state index contributed by atoms with van der Waals surface area (Å²) in [5.74, 6) is 0.858. The Bertz CT molecular complexity index is 180. The van der Waals surface area contributed by atoms with Crippen LogP contribution in [0, 0.1) is 5.92 Å². The van der Waals surface area contributed by atoms with Crippen molar-refractivity contribution >= 4 is 0 Å². The number of nitrogens with zero attached hydrogens (tertiary/aromatic N) is 1. The standard InChI is InChI=1S/C12H26N2O/c1-3-12(13,10-15)6-4-7-14-8-5-11(2)9-14/h11,15H,3-10,13H2,1-2H3. The predicted molar refractivity (Wildman–Crippen MR) is 63.8 cm³/mol. The summed E-state index contributed by atoms with van der Waals surface area (Å²) in [5.41, 5.74) is 5.70. The second-order valence-corrected chi connectivity index (χ2v) is 5.17. The second-order valence-electron chi connectivity index (χ2n) is 5.17. The first-order chi connectivity index (χ1) is 7.09. The van der Waals surface area contributed by atoms with Gasteiger partial charge in [-0.3, -0.25) is 0 Å². The van der Waals surface area contributed by atoms with Crippen LogP contribution >= 0.6 is 0 Å². The molecule has 3 N–H and O–H groups in total. The van der Waals surface area contributed by atoms with Crippen LogP contribution in [0.2, 0.25) is 0 Å². The van der Waals surface area contributed by atoms with E-state index in [9.17, 15) is 5.11 Å². The van der Waals surface area contributed by atoms with Gasteiger partial charge in [0.05, 0.1) is 6.61 Å². The summed E-state index contributed by atoms with van der Waals surface area (Å²) < 4.78 is 0. The minimum atomic E-state index is -0.342. The number of aliphatic hydroxyl groups is 1. The summed E-state index contributed by atoms with van der Waals surface area (Å²) in [5, 5.41) is 9.18. The molecule has 0 amide bonds. The zero-order valence-electron chi connectivity index (χ0n) is 10.2. The number of nitrogens with two attached hydrogens (primary N) is 1. The van der Waals surface area contributed by atoms with Gasteiger partial charge < -0.3 is 15.7 Å². The average molecular weight is 214 g/mol. The van der Waals surface area contributed by atoms with Crippen molar-refractivity contribution in [1.29, 1.82) is 0 Å². The molecule has 0 aromatic rings. The molecule has 1 heterocycles. The lowest BCUT2D eigenvalue weighted by Gasteiger charge is -2.26. The molecule has 15 heavy (non-hydrogen) atoms. The van der Waals surface area contributed by atoms with Crippen molar-refractivity contribution in [3.8, 4) is 0 Å². The summed E-state index contributed by atoms with van der Waals surface area (Å²) in [6, 6.07) is 0. The molecule has 0 aliphatic carbocycles. The molecule has 0 saturated carbocycles. The van der Waals surface area contributed by atoms with Crippen molar-refractivity contribution in [3.05, 3.63) is 0 Å². The maximum absolute atomic E-state index is 9.18. The van der Waals surface area contributed by atoms with Gasteiger partial charge in [-0.1, -0.05) is 13.8 Å². The lowest BCUT2D eigenvalue weighted by Crippen LogP contribution is -2.43. The van der Waals surface area contributed by atoms with E-state index >= 15 is 0 Å². The van der Waals surface area contributed by atoms with E-state index in [1.54, 1.807) is 0 Å². The highest BCUT2D eigenvalue weighted by molar-refractivity contribution is 4.82. The van der Waals surface area contributed by atoms with E-state index in [0.29, 0.717) is 0 Å². The Morgan fingerprint density at radius 2 is 2.27 bits per heavy atom. The monoisotopic (exact) mass is 214 g/mol. The molecule has 2 unspecified atom stereocenters. The number of aliphatic hydroxyl groups excluding tert-OH is 1. The lowest BCUT2D eigenvalue weighted by molar-refractivity contribution is 0.174. The molecular formula is C12H26N2O. The quantitative estimate of drug-likeness (QED) is 0.698. The van der Waals surface area contributed by atoms with Crippen LogP contribution in [0.4, 0.5) is 0 Å². The Morgan fingerprint density at radius 1 is 1.53 bits per heavy atom. The van der Waals surface area contributed by atoms with Crippen LogP contribution in [-0.2, 0) is 0 Å². The Balaban J connectivity index is 2.15. The Labute approximate surface area is 93.6 Å². The van der Waals surface area contributed by atoms with Crippen molar-refractivity contribution in [1.82, 2.24) is 4.90 Å². The molecule has 1 rings (SSSR count). The normalized spacial score (nSPS) is 26.8. The SMILES string of the molecule is CCC(N)(CO)CCCN1CCC(C)C1. The molecule has 0 radical (unpaired) electrons. The maximum Gasteiger partial charge on any atom is 0.0611 e. The summed E-state index contributed by atoms with van der Waals surface area (Å²) in [6.07, 6.45) is 4.24. The van der Waals surface area contributed by atoms with E-state index in [2.05, 4.69) is 11.8 Å². The largest absolute Gasteiger partial charge is 0.394 e. The van der Waals surface area contributed by atoms with Gasteiger partial charge in [0.15, 0.2) is 0 Å². The van der Waals surface area contributed by atoms with E-state index in [1.807, 2.05) is 6.92 Å². The van der Waals surface area contributed by atoms with Gasteiger partial charge >= 0.3 is 0 Å². The fraction of sp³-hybridized carbons (Fsp3) is 1.00.